The molecule has 0 fully saturated rings. The Bertz CT molecular complexity index is 1120. The molecule has 0 atom stereocenters. The molecule has 0 unspecified atom stereocenters. The zero-order valence-corrected chi connectivity index (χ0v) is 16.3. The standard InChI is InChI=1S/C22H22N4O3/c1-3-26(14-20-24-19-7-5-4-6-18(19)22(29)25-20)21(28)13-10-16-8-11-17(12-9-16)23-15(2)27/h4-13H,3,14H2,1-2H3,(H,23,27)(H,24,25,29)/b13-10+. The van der Waals surface area contributed by atoms with Crippen LogP contribution in [0, 0.1) is 0 Å². The predicted octanol–water partition coefficient (Wildman–Crippen LogP) is 2.94. The molecule has 2 aromatic carbocycles. The lowest BCUT2D eigenvalue weighted by atomic mass is 10.2. The number of hydrogen-bond donors (Lipinski definition) is 2. The normalized spacial score (nSPS) is 11.0. The lowest BCUT2D eigenvalue weighted by molar-refractivity contribution is -0.126. The minimum Gasteiger partial charge on any atom is -0.332 e. The maximum Gasteiger partial charge on any atom is 0.258 e. The molecule has 0 saturated carbocycles. The molecule has 29 heavy (non-hydrogen) atoms. The predicted molar refractivity (Wildman–Crippen MR) is 113 cm³/mol. The Morgan fingerprint density at radius 3 is 2.55 bits per heavy atom. The largest absolute Gasteiger partial charge is 0.332 e. The van der Waals surface area contributed by atoms with E-state index in [0.717, 1.165) is 5.56 Å². The number of rotatable bonds is 6. The first kappa shape index (κ1) is 20.0. The molecule has 0 radical (unpaired) electrons. The number of nitrogens with zero attached hydrogens (tertiary/aromatic N) is 2. The van der Waals surface area contributed by atoms with Crippen molar-refractivity contribution >= 4 is 34.5 Å². The van der Waals surface area contributed by atoms with Crippen molar-refractivity contribution in [1.29, 1.82) is 0 Å². The van der Waals surface area contributed by atoms with Crippen LogP contribution < -0.4 is 10.9 Å². The highest BCUT2D eigenvalue weighted by Gasteiger charge is 2.12. The number of aromatic nitrogens is 2. The fourth-order valence-electron chi connectivity index (χ4n) is 2.89. The summed E-state index contributed by atoms with van der Waals surface area (Å²) < 4.78 is 0. The summed E-state index contributed by atoms with van der Waals surface area (Å²) in [6.07, 6.45) is 3.19. The van der Waals surface area contributed by atoms with Crippen LogP contribution in [0.25, 0.3) is 17.0 Å². The maximum atomic E-state index is 12.6. The first-order chi connectivity index (χ1) is 14.0. The molecule has 7 heteroatoms. The lowest BCUT2D eigenvalue weighted by Gasteiger charge is -2.18. The first-order valence-corrected chi connectivity index (χ1v) is 9.29. The fraction of sp³-hybridized carbons (Fsp3) is 0.182. The second-order valence-corrected chi connectivity index (χ2v) is 6.52. The Labute approximate surface area is 168 Å². The van der Waals surface area contributed by atoms with Gasteiger partial charge in [-0.25, -0.2) is 4.98 Å². The molecule has 0 bridgehead atoms. The molecule has 2 N–H and O–H groups in total. The molecular formula is C22H22N4O3. The number of benzene rings is 2. The van der Waals surface area contributed by atoms with E-state index in [2.05, 4.69) is 15.3 Å². The van der Waals surface area contributed by atoms with Gasteiger partial charge in [-0.15, -0.1) is 0 Å². The van der Waals surface area contributed by atoms with Gasteiger partial charge in [0.1, 0.15) is 5.82 Å². The van der Waals surface area contributed by atoms with Crippen molar-refractivity contribution in [3.63, 3.8) is 0 Å². The number of anilines is 1. The number of carbonyl (C=O) groups excluding carboxylic acids is 2. The van der Waals surface area contributed by atoms with E-state index in [4.69, 9.17) is 0 Å². The van der Waals surface area contributed by atoms with Gasteiger partial charge in [-0.1, -0.05) is 24.3 Å². The van der Waals surface area contributed by atoms with Crippen LogP contribution in [-0.2, 0) is 16.1 Å². The molecular weight excluding hydrogens is 368 g/mol. The molecule has 1 heterocycles. The monoisotopic (exact) mass is 390 g/mol. The van der Waals surface area contributed by atoms with Crippen LogP contribution in [0.3, 0.4) is 0 Å². The highest BCUT2D eigenvalue weighted by atomic mass is 16.2. The summed E-state index contributed by atoms with van der Waals surface area (Å²) in [4.78, 5) is 44.6. The van der Waals surface area contributed by atoms with E-state index in [1.165, 1.54) is 13.0 Å². The van der Waals surface area contributed by atoms with Gasteiger partial charge in [0.05, 0.1) is 17.4 Å². The Hall–Kier alpha value is -3.74. The van der Waals surface area contributed by atoms with Gasteiger partial charge < -0.3 is 15.2 Å². The molecule has 3 aromatic rings. The van der Waals surface area contributed by atoms with Crippen molar-refractivity contribution in [2.75, 3.05) is 11.9 Å². The van der Waals surface area contributed by atoms with E-state index in [1.807, 2.05) is 25.1 Å². The quantitative estimate of drug-likeness (QED) is 0.633. The van der Waals surface area contributed by atoms with Crippen LogP contribution in [0.1, 0.15) is 25.2 Å². The number of likely N-dealkylation sites (N-methyl/N-ethyl adjacent to an activating group) is 1. The Morgan fingerprint density at radius 1 is 1.14 bits per heavy atom. The van der Waals surface area contributed by atoms with E-state index < -0.39 is 0 Å². The topological polar surface area (TPSA) is 95.2 Å². The zero-order valence-electron chi connectivity index (χ0n) is 16.3. The Kier molecular flexibility index (Phi) is 6.19. The van der Waals surface area contributed by atoms with Crippen LogP contribution in [0.2, 0.25) is 0 Å². The van der Waals surface area contributed by atoms with Gasteiger partial charge in [0, 0.05) is 25.2 Å². The SMILES string of the molecule is CCN(Cc1nc2ccccc2c(=O)[nH]1)C(=O)/C=C/c1ccc(NC(C)=O)cc1. The van der Waals surface area contributed by atoms with Gasteiger partial charge >= 0.3 is 0 Å². The maximum absolute atomic E-state index is 12.6. The summed E-state index contributed by atoms with van der Waals surface area (Å²) in [5.74, 6) is 0.119. The molecule has 0 spiro atoms. The molecule has 0 aliphatic rings. The molecule has 7 nitrogen and oxygen atoms in total. The van der Waals surface area contributed by atoms with E-state index in [9.17, 15) is 14.4 Å². The van der Waals surface area contributed by atoms with Crippen LogP contribution in [0.5, 0.6) is 0 Å². The average molecular weight is 390 g/mol. The van der Waals surface area contributed by atoms with Crippen LogP contribution >= 0.6 is 0 Å². The summed E-state index contributed by atoms with van der Waals surface area (Å²) in [5.41, 5.74) is 1.91. The van der Waals surface area contributed by atoms with E-state index in [-0.39, 0.29) is 23.9 Å². The van der Waals surface area contributed by atoms with Crippen molar-refractivity contribution in [2.24, 2.45) is 0 Å². The summed E-state index contributed by atoms with van der Waals surface area (Å²) in [6.45, 7) is 4.00. The summed E-state index contributed by atoms with van der Waals surface area (Å²) >= 11 is 0. The fourth-order valence-corrected chi connectivity index (χ4v) is 2.89. The number of H-pyrrole nitrogens is 1. The molecule has 3 rings (SSSR count). The minimum absolute atomic E-state index is 0.137. The minimum atomic E-state index is -0.219. The van der Waals surface area contributed by atoms with Crippen molar-refractivity contribution in [3.8, 4) is 0 Å². The van der Waals surface area contributed by atoms with Crippen LogP contribution in [0.15, 0.2) is 59.4 Å². The average Bonchev–Trinajstić information content (AvgIpc) is 2.71. The molecule has 1 aromatic heterocycles. The highest BCUT2D eigenvalue weighted by molar-refractivity contribution is 5.92. The lowest BCUT2D eigenvalue weighted by Crippen LogP contribution is -2.30. The molecule has 2 amide bonds. The highest BCUT2D eigenvalue weighted by Crippen LogP contribution is 2.12. The van der Waals surface area contributed by atoms with Crippen molar-refractivity contribution < 1.29 is 9.59 Å². The number of fused-ring (bicyclic) bond motifs is 1. The zero-order chi connectivity index (χ0) is 20.8. The van der Waals surface area contributed by atoms with Gasteiger partial charge in [-0.05, 0) is 42.8 Å². The molecule has 0 aliphatic carbocycles. The number of nitrogens with one attached hydrogen (secondary N) is 2. The number of para-hydroxylation sites is 1. The van der Waals surface area contributed by atoms with Gasteiger partial charge in [0.15, 0.2) is 0 Å². The van der Waals surface area contributed by atoms with E-state index in [0.29, 0.717) is 29.0 Å². The number of aromatic amines is 1. The summed E-state index contributed by atoms with van der Waals surface area (Å²) in [7, 11) is 0. The first-order valence-electron chi connectivity index (χ1n) is 9.29. The third-order valence-corrected chi connectivity index (χ3v) is 4.35. The molecule has 0 saturated heterocycles. The van der Waals surface area contributed by atoms with Crippen molar-refractivity contribution in [1.82, 2.24) is 14.9 Å². The van der Waals surface area contributed by atoms with Crippen LogP contribution in [-0.4, -0.2) is 33.2 Å². The molecule has 0 aliphatic heterocycles. The summed E-state index contributed by atoms with van der Waals surface area (Å²) in [5, 5.41) is 3.22. The van der Waals surface area contributed by atoms with Crippen molar-refractivity contribution in [3.05, 3.63) is 76.3 Å². The van der Waals surface area contributed by atoms with E-state index >= 15 is 0 Å². The Morgan fingerprint density at radius 2 is 1.86 bits per heavy atom. The molecule has 148 valence electrons. The third-order valence-electron chi connectivity index (χ3n) is 4.35. The Balaban J connectivity index is 1.71. The van der Waals surface area contributed by atoms with Gasteiger partial charge in [0.2, 0.25) is 11.8 Å². The van der Waals surface area contributed by atoms with Gasteiger partial charge in [0.25, 0.3) is 5.56 Å². The van der Waals surface area contributed by atoms with E-state index in [1.54, 1.807) is 41.3 Å². The number of carbonyl (C=O) groups is 2. The van der Waals surface area contributed by atoms with Crippen molar-refractivity contribution in [2.45, 2.75) is 20.4 Å². The summed E-state index contributed by atoms with van der Waals surface area (Å²) in [6, 6.07) is 14.3. The number of amides is 2. The second-order valence-electron chi connectivity index (χ2n) is 6.52. The van der Waals surface area contributed by atoms with Crippen LogP contribution in [0.4, 0.5) is 5.69 Å². The van der Waals surface area contributed by atoms with Gasteiger partial charge in [-0.2, -0.15) is 0 Å². The third kappa shape index (κ3) is 5.16. The second kappa shape index (κ2) is 8.97. The number of hydrogen-bond acceptors (Lipinski definition) is 4. The smallest absolute Gasteiger partial charge is 0.258 e. The van der Waals surface area contributed by atoms with Gasteiger partial charge in [-0.3, -0.25) is 14.4 Å².